The minimum Gasteiger partial charge on any atom is -0.337 e. The number of carbonyl (C=O) groups excluding carboxylic acids is 1. The van der Waals surface area contributed by atoms with Gasteiger partial charge < -0.3 is 4.90 Å². The first kappa shape index (κ1) is 17.2. The van der Waals surface area contributed by atoms with Gasteiger partial charge in [0.05, 0.1) is 4.90 Å². The molecule has 0 unspecified atom stereocenters. The minimum absolute atomic E-state index is 0.0657. The minimum atomic E-state index is -3.82. The molecule has 122 valence electrons. The van der Waals surface area contributed by atoms with Crippen molar-refractivity contribution in [3.63, 3.8) is 0 Å². The Balaban J connectivity index is 2.16. The molecule has 2 N–H and O–H groups in total. The number of sulfonamides is 1. The number of amides is 1. The van der Waals surface area contributed by atoms with Crippen LogP contribution in [0.15, 0.2) is 53.4 Å². The Kier molecular flexibility index (Phi) is 5.18. The van der Waals surface area contributed by atoms with Crippen LogP contribution in [-0.4, -0.2) is 26.3 Å². The molecule has 0 heterocycles. The number of nitrogens with two attached hydrogens (primary N) is 1. The molecule has 0 spiro atoms. The molecule has 0 atom stereocenters. The van der Waals surface area contributed by atoms with Gasteiger partial charge in [-0.3, -0.25) is 4.79 Å². The maximum atomic E-state index is 12.4. The first-order valence-corrected chi connectivity index (χ1v) is 8.82. The SMILES string of the molecule is CCc1ccc(CN(C)C(=O)c2cccc(S(N)(=O)=O)c2)cc1. The first-order valence-electron chi connectivity index (χ1n) is 7.27. The highest BCUT2D eigenvalue weighted by molar-refractivity contribution is 7.89. The standard InChI is InChI=1S/C17H20N2O3S/c1-3-13-7-9-14(10-8-13)12-19(2)17(20)15-5-4-6-16(11-15)23(18,21)22/h4-11H,3,12H2,1-2H3,(H2,18,21,22). The van der Waals surface area contributed by atoms with Crippen molar-refractivity contribution in [1.82, 2.24) is 4.90 Å². The molecule has 6 heteroatoms. The van der Waals surface area contributed by atoms with Crippen molar-refractivity contribution in [2.75, 3.05) is 7.05 Å². The van der Waals surface area contributed by atoms with Crippen molar-refractivity contribution < 1.29 is 13.2 Å². The smallest absolute Gasteiger partial charge is 0.253 e. The Morgan fingerprint density at radius 2 is 1.70 bits per heavy atom. The third-order valence-electron chi connectivity index (χ3n) is 3.61. The molecule has 23 heavy (non-hydrogen) atoms. The number of carbonyl (C=O) groups is 1. The fraction of sp³-hybridized carbons (Fsp3) is 0.235. The van der Waals surface area contributed by atoms with Gasteiger partial charge in [-0.05, 0) is 35.7 Å². The van der Waals surface area contributed by atoms with E-state index in [1.54, 1.807) is 18.0 Å². The maximum absolute atomic E-state index is 12.4. The average molecular weight is 332 g/mol. The van der Waals surface area contributed by atoms with Gasteiger partial charge in [-0.2, -0.15) is 0 Å². The molecule has 2 aromatic rings. The lowest BCUT2D eigenvalue weighted by Gasteiger charge is -2.18. The summed E-state index contributed by atoms with van der Waals surface area (Å²) in [6.07, 6.45) is 0.968. The highest BCUT2D eigenvalue weighted by atomic mass is 32.2. The van der Waals surface area contributed by atoms with Gasteiger partial charge in [-0.15, -0.1) is 0 Å². The third-order valence-corrected chi connectivity index (χ3v) is 4.52. The summed E-state index contributed by atoms with van der Waals surface area (Å²) >= 11 is 0. The molecular weight excluding hydrogens is 312 g/mol. The largest absolute Gasteiger partial charge is 0.337 e. The van der Waals surface area contributed by atoms with Crippen molar-refractivity contribution in [1.29, 1.82) is 0 Å². The Morgan fingerprint density at radius 3 is 2.26 bits per heavy atom. The molecule has 2 rings (SSSR count). The molecule has 0 bridgehead atoms. The van der Waals surface area contributed by atoms with E-state index in [0.717, 1.165) is 12.0 Å². The number of primary sulfonamides is 1. The summed E-state index contributed by atoms with van der Waals surface area (Å²) in [6, 6.07) is 13.8. The van der Waals surface area contributed by atoms with Crippen molar-refractivity contribution in [3.8, 4) is 0 Å². The quantitative estimate of drug-likeness (QED) is 0.911. The van der Waals surface area contributed by atoms with Crippen LogP contribution in [0.2, 0.25) is 0 Å². The molecule has 0 fully saturated rings. The van der Waals surface area contributed by atoms with E-state index in [9.17, 15) is 13.2 Å². The molecule has 0 aliphatic rings. The van der Waals surface area contributed by atoms with E-state index in [4.69, 9.17) is 5.14 Å². The molecule has 5 nitrogen and oxygen atoms in total. The molecule has 0 saturated carbocycles. The molecule has 0 saturated heterocycles. The second-order valence-electron chi connectivity index (χ2n) is 5.40. The predicted molar refractivity (Wildman–Crippen MR) is 89.4 cm³/mol. The van der Waals surface area contributed by atoms with Gasteiger partial charge >= 0.3 is 0 Å². The summed E-state index contributed by atoms with van der Waals surface area (Å²) in [6.45, 7) is 2.53. The number of nitrogens with zero attached hydrogens (tertiary/aromatic N) is 1. The fourth-order valence-corrected chi connectivity index (χ4v) is 2.81. The summed E-state index contributed by atoms with van der Waals surface area (Å²) in [5.41, 5.74) is 2.55. The third kappa shape index (κ3) is 4.40. The Bertz CT molecular complexity index is 799. The van der Waals surface area contributed by atoms with Gasteiger partial charge in [0.15, 0.2) is 0 Å². The summed E-state index contributed by atoms with van der Waals surface area (Å²) in [5, 5.41) is 5.10. The maximum Gasteiger partial charge on any atom is 0.253 e. The number of benzene rings is 2. The van der Waals surface area contributed by atoms with Crippen LogP contribution in [0, 0.1) is 0 Å². The van der Waals surface area contributed by atoms with E-state index < -0.39 is 10.0 Å². The van der Waals surface area contributed by atoms with Crippen LogP contribution >= 0.6 is 0 Å². The normalized spacial score (nSPS) is 11.3. The second-order valence-corrected chi connectivity index (χ2v) is 6.97. The molecule has 1 amide bonds. The van der Waals surface area contributed by atoms with Gasteiger partial charge in [0.2, 0.25) is 10.0 Å². The lowest BCUT2D eigenvalue weighted by atomic mass is 10.1. The molecule has 0 radical (unpaired) electrons. The van der Waals surface area contributed by atoms with Gasteiger partial charge in [0.25, 0.3) is 5.91 Å². The number of hydrogen-bond acceptors (Lipinski definition) is 3. The van der Waals surface area contributed by atoms with Crippen LogP contribution < -0.4 is 5.14 Å². The lowest BCUT2D eigenvalue weighted by molar-refractivity contribution is 0.0785. The topological polar surface area (TPSA) is 80.5 Å². The van der Waals surface area contributed by atoms with Gasteiger partial charge in [-0.1, -0.05) is 37.3 Å². The van der Waals surface area contributed by atoms with E-state index in [1.165, 1.54) is 23.8 Å². The molecule has 2 aromatic carbocycles. The monoisotopic (exact) mass is 332 g/mol. The van der Waals surface area contributed by atoms with Gasteiger partial charge in [0.1, 0.15) is 0 Å². The lowest BCUT2D eigenvalue weighted by Crippen LogP contribution is -2.26. The van der Waals surface area contributed by atoms with Gasteiger partial charge in [0, 0.05) is 19.2 Å². The van der Waals surface area contributed by atoms with Crippen LogP contribution in [0.5, 0.6) is 0 Å². The predicted octanol–water partition coefficient (Wildman–Crippen LogP) is 2.17. The fourth-order valence-electron chi connectivity index (χ4n) is 2.25. The van der Waals surface area contributed by atoms with Gasteiger partial charge in [-0.25, -0.2) is 13.6 Å². The van der Waals surface area contributed by atoms with E-state index in [2.05, 4.69) is 6.92 Å². The van der Waals surface area contributed by atoms with E-state index in [1.807, 2.05) is 24.3 Å². The average Bonchev–Trinajstić information content (AvgIpc) is 2.54. The second kappa shape index (κ2) is 6.93. The Labute approximate surface area is 136 Å². The Hall–Kier alpha value is -2.18. The van der Waals surface area contributed by atoms with E-state index in [0.29, 0.717) is 12.1 Å². The van der Waals surface area contributed by atoms with E-state index >= 15 is 0 Å². The first-order chi connectivity index (χ1) is 10.8. The summed E-state index contributed by atoms with van der Waals surface area (Å²) in [7, 11) is -2.14. The van der Waals surface area contributed by atoms with E-state index in [-0.39, 0.29) is 10.8 Å². The van der Waals surface area contributed by atoms with Crippen molar-refractivity contribution >= 4 is 15.9 Å². The summed E-state index contributed by atoms with van der Waals surface area (Å²) in [5.74, 6) is -0.255. The van der Waals surface area contributed by atoms with Crippen molar-refractivity contribution in [2.24, 2.45) is 5.14 Å². The highest BCUT2D eigenvalue weighted by Gasteiger charge is 2.15. The van der Waals surface area contributed by atoms with Crippen molar-refractivity contribution in [3.05, 3.63) is 65.2 Å². The summed E-state index contributed by atoms with van der Waals surface area (Å²) in [4.78, 5) is 13.9. The van der Waals surface area contributed by atoms with Crippen LogP contribution in [0.4, 0.5) is 0 Å². The zero-order valence-electron chi connectivity index (χ0n) is 13.2. The van der Waals surface area contributed by atoms with Crippen LogP contribution in [-0.2, 0) is 23.0 Å². The number of aryl methyl sites for hydroxylation is 1. The van der Waals surface area contributed by atoms with Crippen LogP contribution in [0.25, 0.3) is 0 Å². The highest BCUT2D eigenvalue weighted by Crippen LogP contribution is 2.14. The molecule has 0 aromatic heterocycles. The summed E-state index contributed by atoms with van der Waals surface area (Å²) < 4.78 is 22.8. The van der Waals surface area contributed by atoms with Crippen molar-refractivity contribution in [2.45, 2.75) is 24.8 Å². The zero-order valence-corrected chi connectivity index (χ0v) is 14.0. The number of hydrogen-bond donors (Lipinski definition) is 1. The molecule has 0 aliphatic carbocycles. The molecule has 0 aliphatic heterocycles. The molecular formula is C17H20N2O3S. The zero-order chi connectivity index (χ0) is 17.0. The Morgan fingerprint density at radius 1 is 1.09 bits per heavy atom. The van der Waals surface area contributed by atoms with Crippen LogP contribution in [0.3, 0.4) is 0 Å². The van der Waals surface area contributed by atoms with Crippen LogP contribution in [0.1, 0.15) is 28.4 Å². The number of rotatable bonds is 5.